The molecule has 1 heterocycles. The molecule has 1 aromatic heterocycles. The third-order valence-electron chi connectivity index (χ3n) is 5.75. The van der Waals surface area contributed by atoms with Gasteiger partial charge in [0.05, 0.1) is 0 Å². The number of nitrogens with one attached hydrogen (secondary N) is 1. The van der Waals surface area contributed by atoms with Crippen molar-refractivity contribution in [3.8, 4) is 0 Å². The lowest BCUT2D eigenvalue weighted by molar-refractivity contribution is 0.0684. The van der Waals surface area contributed by atoms with E-state index in [9.17, 15) is 14.3 Å². The van der Waals surface area contributed by atoms with E-state index in [2.05, 4.69) is 24.4 Å². The first kappa shape index (κ1) is 22.1. The Morgan fingerprint density at radius 1 is 1.03 bits per heavy atom. The van der Waals surface area contributed by atoms with Crippen LogP contribution in [0.15, 0.2) is 60.7 Å². The van der Waals surface area contributed by atoms with Gasteiger partial charge in [-0.25, -0.2) is 9.18 Å². The number of hydrogen-bond donors (Lipinski definition) is 2. The molecule has 0 fully saturated rings. The van der Waals surface area contributed by atoms with Crippen molar-refractivity contribution in [1.29, 1.82) is 0 Å². The highest BCUT2D eigenvalue weighted by atomic mass is 35.5. The molecule has 2 N–H and O–H groups in total. The first-order valence-corrected chi connectivity index (χ1v) is 10.8. The van der Waals surface area contributed by atoms with Crippen molar-refractivity contribution in [3.63, 3.8) is 0 Å². The van der Waals surface area contributed by atoms with E-state index in [1.54, 1.807) is 10.6 Å². The van der Waals surface area contributed by atoms with Crippen molar-refractivity contribution in [3.05, 3.63) is 105 Å². The zero-order chi connectivity index (χ0) is 22.8. The molecule has 4 aromatic rings. The Hall–Kier alpha value is -3.15. The Morgan fingerprint density at radius 2 is 1.81 bits per heavy atom. The Labute approximate surface area is 191 Å². The fraction of sp³-hybridized carbons (Fsp3) is 0.192. The Balaban J connectivity index is 1.76. The largest absolute Gasteiger partial charge is 0.477 e. The molecule has 0 aliphatic heterocycles. The number of benzene rings is 3. The molecule has 0 unspecified atom stereocenters. The van der Waals surface area contributed by atoms with Crippen molar-refractivity contribution in [2.24, 2.45) is 0 Å². The van der Waals surface area contributed by atoms with Crippen LogP contribution in [0.25, 0.3) is 10.9 Å². The highest BCUT2D eigenvalue weighted by Gasteiger charge is 2.23. The van der Waals surface area contributed by atoms with Gasteiger partial charge >= 0.3 is 5.97 Å². The van der Waals surface area contributed by atoms with E-state index in [1.165, 1.54) is 23.3 Å². The molecule has 0 amide bonds. The van der Waals surface area contributed by atoms with Crippen LogP contribution in [-0.2, 0) is 19.6 Å². The molecular formula is C26H24ClFN2O2. The second-order valence-electron chi connectivity index (χ2n) is 8.00. The molecule has 0 saturated carbocycles. The van der Waals surface area contributed by atoms with Crippen LogP contribution >= 0.6 is 11.6 Å². The van der Waals surface area contributed by atoms with Gasteiger partial charge in [-0.15, -0.1) is 0 Å². The van der Waals surface area contributed by atoms with Crippen LogP contribution in [0.4, 0.5) is 4.39 Å². The molecule has 6 heteroatoms. The summed E-state index contributed by atoms with van der Waals surface area (Å²) in [5.74, 6) is -1.43. The number of carboxylic acids is 1. The molecule has 0 spiro atoms. The number of halogens is 2. The number of nitrogens with zero attached hydrogens (tertiary/aromatic N) is 1. The minimum Gasteiger partial charge on any atom is -0.477 e. The standard InChI is InChI=1S/C26H24ClFN2O2/c1-16-7-10-21-22(14-29-13-18-6-4-3-5-17(18)2)25(26(31)32)30(24(21)11-16)15-19-8-9-20(28)12-23(19)27/h3-12,29H,13-15H2,1-2H3,(H,31,32). The molecule has 4 nitrogen and oxygen atoms in total. The first-order valence-electron chi connectivity index (χ1n) is 10.4. The maximum atomic E-state index is 13.5. The van der Waals surface area contributed by atoms with Crippen LogP contribution in [0, 0.1) is 19.7 Å². The summed E-state index contributed by atoms with van der Waals surface area (Å²) in [7, 11) is 0. The van der Waals surface area contributed by atoms with Crippen LogP contribution in [0.1, 0.15) is 38.3 Å². The van der Waals surface area contributed by atoms with Crippen molar-refractivity contribution < 1.29 is 14.3 Å². The van der Waals surface area contributed by atoms with Gasteiger partial charge in [0.15, 0.2) is 0 Å². The third kappa shape index (κ3) is 4.40. The summed E-state index contributed by atoms with van der Waals surface area (Å²) in [6, 6.07) is 18.2. The normalized spacial score (nSPS) is 11.2. The number of aromatic nitrogens is 1. The number of carbonyl (C=O) groups is 1. The number of aromatic carboxylic acids is 1. The SMILES string of the molecule is Cc1ccc2c(CNCc3ccccc3C)c(C(=O)O)n(Cc3ccc(F)cc3Cl)c2c1. The summed E-state index contributed by atoms with van der Waals surface area (Å²) in [5, 5.41) is 14.7. The predicted octanol–water partition coefficient (Wildman–Crippen LogP) is 6.09. The summed E-state index contributed by atoms with van der Waals surface area (Å²) in [6.45, 7) is 5.30. The van der Waals surface area contributed by atoms with Crippen LogP contribution in [-0.4, -0.2) is 15.6 Å². The average molecular weight is 451 g/mol. The molecule has 0 atom stereocenters. The van der Waals surface area contributed by atoms with Gasteiger partial charge in [0, 0.05) is 41.1 Å². The van der Waals surface area contributed by atoms with Gasteiger partial charge in [0.2, 0.25) is 0 Å². The van der Waals surface area contributed by atoms with Gasteiger partial charge in [-0.05, 0) is 54.3 Å². The highest BCUT2D eigenvalue weighted by Crippen LogP contribution is 2.30. The van der Waals surface area contributed by atoms with Crippen molar-refractivity contribution in [1.82, 2.24) is 9.88 Å². The molecule has 0 bridgehead atoms. The Bertz CT molecular complexity index is 1310. The lowest BCUT2D eigenvalue weighted by atomic mass is 10.1. The smallest absolute Gasteiger partial charge is 0.352 e. The van der Waals surface area contributed by atoms with E-state index in [0.717, 1.165) is 22.0 Å². The first-order chi connectivity index (χ1) is 15.3. The van der Waals surface area contributed by atoms with E-state index in [-0.39, 0.29) is 17.3 Å². The van der Waals surface area contributed by atoms with Gasteiger partial charge in [-0.2, -0.15) is 0 Å². The molecule has 0 aliphatic rings. The zero-order valence-corrected chi connectivity index (χ0v) is 18.7. The van der Waals surface area contributed by atoms with Gasteiger partial charge < -0.3 is 15.0 Å². The molecule has 0 radical (unpaired) electrons. The average Bonchev–Trinajstić information content (AvgIpc) is 3.04. The fourth-order valence-electron chi connectivity index (χ4n) is 4.07. The second-order valence-corrected chi connectivity index (χ2v) is 8.41. The number of rotatable bonds is 7. The number of carboxylic acid groups (broad SMARTS) is 1. The van der Waals surface area contributed by atoms with Gasteiger partial charge in [-0.1, -0.05) is 54.1 Å². The van der Waals surface area contributed by atoms with E-state index in [1.807, 2.05) is 37.3 Å². The van der Waals surface area contributed by atoms with Gasteiger partial charge in [0.1, 0.15) is 11.5 Å². The number of hydrogen-bond acceptors (Lipinski definition) is 2. The topological polar surface area (TPSA) is 54.3 Å². The van der Waals surface area contributed by atoms with Gasteiger partial charge in [0.25, 0.3) is 0 Å². The van der Waals surface area contributed by atoms with Crippen LogP contribution < -0.4 is 5.32 Å². The molecule has 3 aromatic carbocycles. The highest BCUT2D eigenvalue weighted by molar-refractivity contribution is 6.31. The molecule has 4 rings (SSSR count). The number of fused-ring (bicyclic) bond motifs is 1. The summed E-state index contributed by atoms with van der Waals surface area (Å²) < 4.78 is 15.3. The lowest BCUT2D eigenvalue weighted by Gasteiger charge is -2.12. The van der Waals surface area contributed by atoms with E-state index < -0.39 is 11.8 Å². The lowest BCUT2D eigenvalue weighted by Crippen LogP contribution is -2.17. The Morgan fingerprint density at radius 3 is 2.53 bits per heavy atom. The fourth-order valence-corrected chi connectivity index (χ4v) is 4.30. The second kappa shape index (κ2) is 9.15. The van der Waals surface area contributed by atoms with Crippen molar-refractivity contribution in [2.45, 2.75) is 33.5 Å². The molecule has 0 saturated heterocycles. The summed E-state index contributed by atoms with van der Waals surface area (Å²) in [6.07, 6.45) is 0. The van der Waals surface area contributed by atoms with Gasteiger partial charge in [-0.3, -0.25) is 0 Å². The van der Waals surface area contributed by atoms with Crippen LogP contribution in [0.5, 0.6) is 0 Å². The van der Waals surface area contributed by atoms with Crippen LogP contribution in [0.3, 0.4) is 0 Å². The minimum absolute atomic E-state index is 0.211. The molecule has 164 valence electrons. The van der Waals surface area contributed by atoms with E-state index in [4.69, 9.17) is 11.6 Å². The monoisotopic (exact) mass is 450 g/mol. The maximum Gasteiger partial charge on any atom is 0.352 e. The minimum atomic E-state index is -1.01. The predicted molar refractivity (Wildman–Crippen MR) is 126 cm³/mol. The number of aryl methyl sites for hydroxylation is 2. The quantitative estimate of drug-likeness (QED) is 0.358. The zero-order valence-electron chi connectivity index (χ0n) is 18.0. The Kier molecular flexibility index (Phi) is 6.31. The van der Waals surface area contributed by atoms with E-state index >= 15 is 0 Å². The van der Waals surface area contributed by atoms with Crippen LogP contribution in [0.2, 0.25) is 5.02 Å². The van der Waals surface area contributed by atoms with Crippen molar-refractivity contribution >= 4 is 28.5 Å². The maximum absolute atomic E-state index is 13.5. The molecule has 0 aliphatic carbocycles. The van der Waals surface area contributed by atoms with E-state index in [0.29, 0.717) is 18.7 Å². The molecular weight excluding hydrogens is 427 g/mol. The summed E-state index contributed by atoms with van der Waals surface area (Å²) in [5.41, 5.74) is 5.79. The molecule has 32 heavy (non-hydrogen) atoms. The summed E-state index contributed by atoms with van der Waals surface area (Å²) >= 11 is 6.25. The van der Waals surface area contributed by atoms with Crippen molar-refractivity contribution in [2.75, 3.05) is 0 Å². The third-order valence-corrected chi connectivity index (χ3v) is 6.10. The summed E-state index contributed by atoms with van der Waals surface area (Å²) in [4.78, 5) is 12.4.